The third-order valence-electron chi connectivity index (χ3n) is 6.55. The van der Waals surface area contributed by atoms with Crippen molar-refractivity contribution in [3.8, 4) is 0 Å². The zero-order valence-corrected chi connectivity index (χ0v) is 25.3. The van der Waals surface area contributed by atoms with Crippen LogP contribution in [0.3, 0.4) is 0 Å². The number of hydrogen-bond acceptors (Lipinski definition) is 5. The average molecular weight is 565 g/mol. The van der Waals surface area contributed by atoms with E-state index in [1.165, 1.54) is 0 Å². The summed E-state index contributed by atoms with van der Waals surface area (Å²) in [6.07, 6.45) is 0. The van der Waals surface area contributed by atoms with Crippen molar-refractivity contribution in [3.05, 3.63) is 103 Å². The second-order valence-corrected chi connectivity index (χ2v) is 14.7. The van der Waals surface area contributed by atoms with Crippen molar-refractivity contribution in [3.63, 3.8) is 0 Å². The predicted octanol–water partition coefficient (Wildman–Crippen LogP) is 6.87. The normalized spacial score (nSPS) is 12.2. The molecule has 8 heteroatoms. The minimum absolute atomic E-state index is 0.182. The van der Waals surface area contributed by atoms with Gasteiger partial charge in [0.2, 0.25) is 0 Å². The molecule has 0 heterocycles. The molecule has 39 heavy (non-hydrogen) atoms. The van der Waals surface area contributed by atoms with Crippen LogP contribution in [-0.2, 0) is 10.1 Å². The van der Waals surface area contributed by atoms with E-state index in [0.29, 0.717) is 0 Å². The van der Waals surface area contributed by atoms with Gasteiger partial charge in [0.05, 0.1) is 25.0 Å². The predicted molar refractivity (Wildman–Crippen MR) is 166 cm³/mol. The van der Waals surface area contributed by atoms with E-state index in [9.17, 15) is 8.42 Å². The summed E-state index contributed by atoms with van der Waals surface area (Å²) in [5, 5.41) is 0. The van der Waals surface area contributed by atoms with Gasteiger partial charge in [-0.15, -0.1) is 8.42 Å². The van der Waals surface area contributed by atoms with Crippen LogP contribution in [0.2, 0.25) is 0 Å². The van der Waals surface area contributed by atoms with E-state index in [-0.39, 0.29) is 4.90 Å². The fourth-order valence-corrected chi connectivity index (χ4v) is 9.83. The highest BCUT2D eigenvalue weighted by Gasteiger charge is 2.44. The van der Waals surface area contributed by atoms with Gasteiger partial charge >= 0.3 is 10.1 Å². The number of nitrogens with zero attached hydrogens (tertiary/aromatic N) is 3. The lowest BCUT2D eigenvalue weighted by molar-refractivity contribution is 0.387. The van der Waals surface area contributed by atoms with E-state index >= 15 is 0 Å². The standard InChI is InChI=1S/C31H37N3O3S2/c1-24-17-19-28(20-18-24)39(35,36)37-38(29-14-8-11-25(21-29)32(2)3,30-15-9-12-26(22-30)33(4)5)31-16-10-13-27(23-31)34(6)7/h8-23H,1-7H3/p+1. The number of aryl methyl sites for hydroxylation is 1. The fourth-order valence-electron chi connectivity index (χ4n) is 4.27. The lowest BCUT2D eigenvalue weighted by Gasteiger charge is -2.36. The van der Waals surface area contributed by atoms with Gasteiger partial charge in [0.15, 0.2) is 0 Å². The molecule has 4 aromatic rings. The molecular weight excluding hydrogens is 526 g/mol. The second-order valence-electron chi connectivity index (χ2n) is 10.1. The SMILES string of the molecule is Cc1ccc(S(=O)(=O)[OH+]S(c2cccc(N(C)C)c2)(c2cccc(N(C)C)c2)c2cccc(N(C)C)c2)cc1. The monoisotopic (exact) mass is 564 g/mol. The van der Waals surface area contributed by atoms with Crippen LogP contribution in [-0.4, -0.2) is 54.3 Å². The average Bonchev–Trinajstić information content (AvgIpc) is 2.92. The molecule has 0 aliphatic rings. The van der Waals surface area contributed by atoms with Gasteiger partial charge in [-0.25, -0.2) is 0 Å². The Morgan fingerprint density at radius 1 is 0.513 bits per heavy atom. The van der Waals surface area contributed by atoms with Gasteiger partial charge in [0.25, 0.3) is 0 Å². The molecule has 4 aromatic carbocycles. The Kier molecular flexibility index (Phi) is 8.30. The molecule has 0 aliphatic carbocycles. The van der Waals surface area contributed by atoms with E-state index in [1.54, 1.807) is 12.1 Å². The molecular formula is C31H38N3O3S2+. The van der Waals surface area contributed by atoms with Crippen LogP contribution in [0.1, 0.15) is 5.56 Å². The lowest BCUT2D eigenvalue weighted by atomic mass is 10.2. The third kappa shape index (κ3) is 5.93. The maximum Gasteiger partial charge on any atom is 0.422 e. The maximum atomic E-state index is 14.2. The van der Waals surface area contributed by atoms with Crippen LogP contribution in [0.25, 0.3) is 0 Å². The van der Waals surface area contributed by atoms with Crippen LogP contribution in [0.15, 0.2) is 117 Å². The van der Waals surface area contributed by atoms with Gasteiger partial charge in [0, 0.05) is 59.3 Å². The highest BCUT2D eigenvalue weighted by Crippen LogP contribution is 2.69. The van der Waals surface area contributed by atoms with Crippen LogP contribution >= 0.6 is 10.3 Å². The van der Waals surface area contributed by atoms with E-state index in [0.717, 1.165) is 37.3 Å². The summed E-state index contributed by atoms with van der Waals surface area (Å²) in [5.41, 5.74) is 3.91. The Balaban J connectivity index is 2.11. The van der Waals surface area contributed by atoms with Crippen molar-refractivity contribution in [2.45, 2.75) is 26.5 Å². The molecule has 0 radical (unpaired) electrons. The molecule has 0 bridgehead atoms. The molecule has 0 aromatic heterocycles. The fraction of sp³-hybridized carbons (Fsp3) is 0.226. The quantitative estimate of drug-likeness (QED) is 0.164. The largest absolute Gasteiger partial charge is 0.422 e. The summed E-state index contributed by atoms with van der Waals surface area (Å²) in [4.78, 5) is 8.78. The molecule has 0 atom stereocenters. The van der Waals surface area contributed by atoms with Crippen LogP contribution in [0.5, 0.6) is 0 Å². The highest BCUT2D eigenvalue weighted by molar-refractivity contribution is 8.32. The first-order valence-corrected chi connectivity index (χ1v) is 15.7. The Hall–Kier alpha value is -3.46. The van der Waals surface area contributed by atoms with E-state index in [1.807, 2.05) is 131 Å². The Labute approximate surface area is 235 Å². The van der Waals surface area contributed by atoms with E-state index in [4.69, 9.17) is 3.63 Å². The summed E-state index contributed by atoms with van der Waals surface area (Å²) in [6.45, 7) is 1.94. The van der Waals surface area contributed by atoms with Crippen molar-refractivity contribution >= 4 is 37.5 Å². The van der Waals surface area contributed by atoms with Crippen molar-refractivity contribution in [1.29, 1.82) is 0 Å². The zero-order valence-electron chi connectivity index (χ0n) is 23.7. The first-order valence-electron chi connectivity index (χ1n) is 12.7. The highest BCUT2D eigenvalue weighted by atomic mass is 32.3. The molecule has 0 aliphatic heterocycles. The Morgan fingerprint density at radius 3 is 1.21 bits per heavy atom. The number of rotatable bonds is 9. The molecule has 4 rings (SSSR count). The molecule has 0 unspecified atom stereocenters. The second kappa shape index (κ2) is 11.3. The summed E-state index contributed by atoms with van der Waals surface area (Å²) in [7, 11) is 5.17. The molecule has 0 saturated heterocycles. The van der Waals surface area contributed by atoms with Gasteiger partial charge in [-0.3, -0.25) is 3.63 Å². The van der Waals surface area contributed by atoms with Crippen molar-refractivity contribution < 1.29 is 12.0 Å². The minimum Gasteiger partial charge on any atom is -0.378 e. The van der Waals surface area contributed by atoms with Crippen LogP contribution in [0, 0.1) is 6.92 Å². The van der Waals surface area contributed by atoms with Crippen molar-refractivity contribution in [2.24, 2.45) is 0 Å². The van der Waals surface area contributed by atoms with Gasteiger partial charge in [-0.1, -0.05) is 35.9 Å². The molecule has 0 fully saturated rings. The maximum absolute atomic E-state index is 14.2. The zero-order chi connectivity index (χ0) is 28.4. The van der Waals surface area contributed by atoms with Gasteiger partial charge in [0.1, 0.15) is 4.90 Å². The Morgan fingerprint density at radius 2 is 0.872 bits per heavy atom. The summed E-state index contributed by atoms with van der Waals surface area (Å²) >= 11 is 0. The topological polar surface area (TPSA) is 56.7 Å². The molecule has 206 valence electrons. The summed E-state index contributed by atoms with van der Waals surface area (Å²) in [5.74, 6) is 0. The van der Waals surface area contributed by atoms with Crippen LogP contribution in [0.4, 0.5) is 17.1 Å². The first kappa shape index (κ1) is 28.5. The van der Waals surface area contributed by atoms with E-state index < -0.39 is 20.4 Å². The van der Waals surface area contributed by atoms with Crippen LogP contribution < -0.4 is 14.7 Å². The summed E-state index contributed by atoms with van der Waals surface area (Å²) in [6, 6.07) is 31.1. The number of benzene rings is 4. The van der Waals surface area contributed by atoms with E-state index in [2.05, 4.69) is 18.2 Å². The Bertz CT molecular complexity index is 1420. The molecule has 0 spiro atoms. The van der Waals surface area contributed by atoms with Gasteiger partial charge < -0.3 is 14.7 Å². The molecule has 6 nitrogen and oxygen atoms in total. The molecule has 0 saturated carbocycles. The lowest BCUT2D eigenvalue weighted by Crippen LogP contribution is -2.20. The van der Waals surface area contributed by atoms with Gasteiger partial charge in [-0.2, -0.15) is 0 Å². The van der Waals surface area contributed by atoms with Crippen molar-refractivity contribution in [2.75, 3.05) is 57.0 Å². The molecule has 1 N–H and O–H groups in total. The third-order valence-corrected chi connectivity index (χ3v) is 11.9. The number of hydrogen-bond donors (Lipinski definition) is 0. The number of anilines is 3. The minimum atomic E-state index is -4.06. The summed E-state index contributed by atoms with van der Waals surface area (Å²) < 4.78 is 33.3. The first-order chi connectivity index (χ1) is 18.4. The van der Waals surface area contributed by atoms with Crippen molar-refractivity contribution in [1.82, 2.24) is 0 Å². The van der Waals surface area contributed by atoms with Gasteiger partial charge in [-0.05, 0) is 73.7 Å². The smallest absolute Gasteiger partial charge is 0.378 e. The molecule has 0 amide bonds.